The van der Waals surface area contributed by atoms with E-state index in [4.69, 9.17) is 4.74 Å². The Hall–Kier alpha value is -0.120. The monoisotopic (exact) mass is 280 g/mol. The molecule has 3 aliphatic rings. The minimum atomic E-state index is 0.360. The van der Waals surface area contributed by atoms with Gasteiger partial charge in [-0.15, -0.1) is 0 Å². The molecule has 3 rings (SSSR count). The summed E-state index contributed by atoms with van der Waals surface area (Å²) in [5, 5.41) is 3.87. The van der Waals surface area contributed by atoms with Gasteiger partial charge in [-0.05, 0) is 44.4 Å². The summed E-state index contributed by atoms with van der Waals surface area (Å²) in [6.45, 7) is 5.79. The second kappa shape index (κ2) is 6.76. The molecule has 3 fully saturated rings. The Kier molecular flexibility index (Phi) is 5.00. The van der Waals surface area contributed by atoms with Crippen LogP contribution >= 0.6 is 0 Å². The second-order valence-corrected chi connectivity index (χ2v) is 7.32. The van der Waals surface area contributed by atoms with Crippen LogP contribution in [-0.4, -0.2) is 49.8 Å². The second-order valence-electron chi connectivity index (χ2n) is 7.32. The van der Waals surface area contributed by atoms with Gasteiger partial charge < -0.3 is 10.1 Å². The van der Waals surface area contributed by atoms with E-state index in [0.29, 0.717) is 6.10 Å². The van der Waals surface area contributed by atoms with Crippen molar-refractivity contribution in [1.29, 1.82) is 0 Å². The molecule has 0 radical (unpaired) electrons. The molecule has 0 bridgehead atoms. The minimum absolute atomic E-state index is 0.360. The molecule has 116 valence electrons. The molecule has 2 saturated carbocycles. The third-order valence-corrected chi connectivity index (χ3v) is 5.77. The van der Waals surface area contributed by atoms with E-state index in [2.05, 4.69) is 17.1 Å². The van der Waals surface area contributed by atoms with Crippen molar-refractivity contribution < 1.29 is 4.74 Å². The zero-order chi connectivity index (χ0) is 13.9. The Bertz CT molecular complexity index is 299. The maximum Gasteiger partial charge on any atom is 0.0670 e. The van der Waals surface area contributed by atoms with Crippen LogP contribution in [0.4, 0.5) is 0 Å². The van der Waals surface area contributed by atoms with E-state index in [-0.39, 0.29) is 0 Å². The molecule has 3 heteroatoms. The topological polar surface area (TPSA) is 24.5 Å². The lowest BCUT2D eigenvalue weighted by molar-refractivity contribution is 0.0144. The first kappa shape index (κ1) is 14.8. The van der Waals surface area contributed by atoms with Crippen LogP contribution in [0.3, 0.4) is 0 Å². The van der Waals surface area contributed by atoms with E-state index in [1.54, 1.807) is 0 Å². The molecule has 1 N–H and O–H groups in total. The Labute approximate surface area is 124 Å². The maximum atomic E-state index is 5.54. The summed E-state index contributed by atoms with van der Waals surface area (Å²) in [5.41, 5.74) is 0. The van der Waals surface area contributed by atoms with E-state index >= 15 is 0 Å². The molecule has 1 heterocycles. The third kappa shape index (κ3) is 3.55. The quantitative estimate of drug-likeness (QED) is 0.838. The number of hydrogen-bond donors (Lipinski definition) is 1. The lowest BCUT2D eigenvalue weighted by atomic mass is 9.82. The van der Waals surface area contributed by atoms with Gasteiger partial charge in [0.05, 0.1) is 6.10 Å². The summed E-state index contributed by atoms with van der Waals surface area (Å²) in [6, 6.07) is 1.50. The smallest absolute Gasteiger partial charge is 0.0670 e. The molecule has 0 spiro atoms. The molecular weight excluding hydrogens is 248 g/mol. The highest BCUT2D eigenvalue weighted by atomic mass is 16.5. The number of hydrogen-bond acceptors (Lipinski definition) is 3. The Balaban J connectivity index is 1.62. The van der Waals surface area contributed by atoms with Crippen LogP contribution in [0, 0.1) is 11.8 Å². The standard InChI is InChI=1S/C17H32N2O/c1-13(20-2)11-19-12-16(14-8-9-14)18-10-17(19)15-6-4-3-5-7-15/h13-18H,3-12H2,1-2H3. The van der Waals surface area contributed by atoms with Gasteiger partial charge in [0.2, 0.25) is 0 Å². The van der Waals surface area contributed by atoms with Crippen molar-refractivity contribution in [3.63, 3.8) is 0 Å². The van der Waals surface area contributed by atoms with E-state index in [9.17, 15) is 0 Å². The molecule has 2 aliphatic carbocycles. The van der Waals surface area contributed by atoms with Gasteiger partial charge >= 0.3 is 0 Å². The van der Waals surface area contributed by atoms with Gasteiger partial charge in [-0.2, -0.15) is 0 Å². The summed E-state index contributed by atoms with van der Waals surface area (Å²) in [5.74, 6) is 1.88. The molecule has 0 aromatic heterocycles. The van der Waals surface area contributed by atoms with E-state index in [0.717, 1.165) is 30.5 Å². The van der Waals surface area contributed by atoms with Crippen LogP contribution in [-0.2, 0) is 4.74 Å². The van der Waals surface area contributed by atoms with Crippen LogP contribution in [0.1, 0.15) is 51.9 Å². The van der Waals surface area contributed by atoms with Crippen LogP contribution in [0.25, 0.3) is 0 Å². The average Bonchev–Trinajstić information content (AvgIpc) is 3.32. The zero-order valence-electron chi connectivity index (χ0n) is 13.3. The fraction of sp³-hybridized carbons (Fsp3) is 1.00. The molecule has 3 nitrogen and oxygen atoms in total. The SMILES string of the molecule is COC(C)CN1CC(C2CC2)NCC1C1CCCCC1. The maximum absolute atomic E-state index is 5.54. The minimum Gasteiger partial charge on any atom is -0.380 e. The van der Waals surface area contributed by atoms with Crippen molar-refractivity contribution in [3.05, 3.63) is 0 Å². The van der Waals surface area contributed by atoms with Gasteiger partial charge in [-0.25, -0.2) is 0 Å². The summed E-state index contributed by atoms with van der Waals surface area (Å²) in [7, 11) is 1.85. The number of nitrogens with one attached hydrogen (secondary N) is 1. The number of ether oxygens (including phenoxy) is 1. The van der Waals surface area contributed by atoms with E-state index < -0.39 is 0 Å². The highest BCUT2D eigenvalue weighted by Gasteiger charge is 2.39. The molecule has 20 heavy (non-hydrogen) atoms. The molecule has 0 amide bonds. The van der Waals surface area contributed by atoms with Gasteiger partial charge in [-0.1, -0.05) is 19.3 Å². The van der Waals surface area contributed by atoms with Crippen molar-refractivity contribution in [2.24, 2.45) is 11.8 Å². The highest BCUT2D eigenvalue weighted by molar-refractivity contribution is 4.97. The summed E-state index contributed by atoms with van der Waals surface area (Å²) in [4.78, 5) is 2.77. The number of piperazine rings is 1. The number of methoxy groups -OCH3 is 1. The Morgan fingerprint density at radius 3 is 2.50 bits per heavy atom. The van der Waals surface area contributed by atoms with Gasteiger partial charge in [0.25, 0.3) is 0 Å². The molecule has 1 aliphatic heterocycles. The number of nitrogens with zero attached hydrogens (tertiary/aromatic N) is 1. The fourth-order valence-corrected chi connectivity index (χ4v) is 4.27. The summed E-state index contributed by atoms with van der Waals surface area (Å²) >= 11 is 0. The van der Waals surface area contributed by atoms with Crippen LogP contribution in [0.5, 0.6) is 0 Å². The Morgan fingerprint density at radius 2 is 1.85 bits per heavy atom. The molecule has 0 aromatic carbocycles. The van der Waals surface area contributed by atoms with Gasteiger partial charge in [0, 0.05) is 38.8 Å². The first-order chi connectivity index (χ1) is 9.78. The lowest BCUT2D eigenvalue weighted by Gasteiger charge is -2.46. The molecule has 0 aromatic rings. The van der Waals surface area contributed by atoms with Crippen LogP contribution in [0.15, 0.2) is 0 Å². The predicted octanol–water partition coefficient (Wildman–Crippen LogP) is 2.65. The molecular formula is C17H32N2O. The van der Waals surface area contributed by atoms with Crippen LogP contribution < -0.4 is 5.32 Å². The molecule has 3 atom stereocenters. The zero-order valence-corrected chi connectivity index (χ0v) is 13.3. The fourth-order valence-electron chi connectivity index (χ4n) is 4.27. The summed E-state index contributed by atoms with van der Waals surface area (Å²) < 4.78 is 5.54. The van der Waals surface area contributed by atoms with Gasteiger partial charge in [-0.3, -0.25) is 4.90 Å². The normalized spacial score (nSPS) is 35.1. The lowest BCUT2D eigenvalue weighted by Crippen LogP contribution is -2.60. The summed E-state index contributed by atoms with van der Waals surface area (Å²) in [6.07, 6.45) is 10.5. The Morgan fingerprint density at radius 1 is 1.10 bits per heavy atom. The van der Waals surface area contributed by atoms with Gasteiger partial charge in [0.1, 0.15) is 0 Å². The van der Waals surface area contributed by atoms with Crippen molar-refractivity contribution >= 4 is 0 Å². The van der Waals surface area contributed by atoms with Crippen molar-refractivity contribution in [3.8, 4) is 0 Å². The van der Waals surface area contributed by atoms with Crippen molar-refractivity contribution in [2.45, 2.75) is 70.1 Å². The third-order valence-electron chi connectivity index (χ3n) is 5.77. The number of rotatable bonds is 5. The average molecular weight is 280 g/mol. The van der Waals surface area contributed by atoms with Crippen LogP contribution in [0.2, 0.25) is 0 Å². The van der Waals surface area contributed by atoms with Crippen molar-refractivity contribution in [2.75, 3.05) is 26.7 Å². The molecule has 1 saturated heterocycles. The van der Waals surface area contributed by atoms with Crippen molar-refractivity contribution in [1.82, 2.24) is 10.2 Å². The van der Waals surface area contributed by atoms with E-state index in [1.165, 1.54) is 58.0 Å². The van der Waals surface area contributed by atoms with Gasteiger partial charge in [0.15, 0.2) is 0 Å². The molecule has 3 unspecified atom stereocenters. The predicted molar refractivity (Wildman–Crippen MR) is 82.9 cm³/mol. The highest BCUT2D eigenvalue weighted by Crippen LogP contribution is 2.36. The first-order valence-electron chi connectivity index (χ1n) is 8.78. The van der Waals surface area contributed by atoms with E-state index in [1.807, 2.05) is 7.11 Å². The first-order valence-corrected chi connectivity index (χ1v) is 8.78. The largest absolute Gasteiger partial charge is 0.380 e.